The Labute approximate surface area is 124 Å². The van der Waals surface area contributed by atoms with Gasteiger partial charge in [0.25, 0.3) is 0 Å². The normalized spacial score (nSPS) is 21.7. The van der Waals surface area contributed by atoms with Crippen molar-refractivity contribution in [1.82, 2.24) is 4.90 Å². The minimum absolute atomic E-state index is 0.443. The van der Waals surface area contributed by atoms with Gasteiger partial charge < -0.3 is 15.3 Å². The fraction of sp³-hybridized carbons (Fsp3) is 0.429. The lowest BCUT2D eigenvalue weighted by atomic mass is 9.96. The smallest absolute Gasteiger partial charge is 0.394 e. The quantitative estimate of drug-likeness (QED) is 0.881. The van der Waals surface area contributed by atoms with E-state index in [4.69, 9.17) is 5.11 Å². The van der Waals surface area contributed by atoms with Crippen molar-refractivity contribution >= 4 is 17.7 Å². The maximum Gasteiger partial charge on any atom is 0.394 e. The number of carboxylic acid groups (broad SMARTS) is 1. The number of alkyl halides is 3. The third-order valence-corrected chi connectivity index (χ3v) is 3.65. The Morgan fingerprint density at radius 2 is 1.82 bits per heavy atom. The van der Waals surface area contributed by atoms with Gasteiger partial charge in [-0.3, -0.25) is 4.79 Å². The minimum Gasteiger partial charge on any atom is -0.481 e. The number of urea groups is 1. The van der Waals surface area contributed by atoms with Crippen LogP contribution in [-0.2, 0) is 4.79 Å². The highest BCUT2D eigenvalue weighted by Gasteiger charge is 2.53. The minimum atomic E-state index is -4.65. The van der Waals surface area contributed by atoms with Crippen molar-refractivity contribution in [3.05, 3.63) is 29.8 Å². The average molecular weight is 316 g/mol. The van der Waals surface area contributed by atoms with E-state index in [9.17, 15) is 22.8 Å². The molecule has 22 heavy (non-hydrogen) atoms. The molecule has 1 fully saturated rings. The number of halogens is 3. The van der Waals surface area contributed by atoms with Crippen molar-refractivity contribution in [3.8, 4) is 0 Å². The molecule has 2 amide bonds. The van der Waals surface area contributed by atoms with Crippen molar-refractivity contribution in [2.45, 2.75) is 13.1 Å². The summed E-state index contributed by atoms with van der Waals surface area (Å²) in [6.45, 7) is 0.743. The second-order valence-electron chi connectivity index (χ2n) is 5.29. The van der Waals surface area contributed by atoms with Crippen molar-refractivity contribution in [2.75, 3.05) is 18.4 Å². The summed E-state index contributed by atoms with van der Waals surface area (Å²) < 4.78 is 38.6. The number of likely N-dealkylation sites (tertiary alicyclic amines) is 1. The van der Waals surface area contributed by atoms with Crippen LogP contribution in [0.5, 0.6) is 0 Å². The summed E-state index contributed by atoms with van der Waals surface area (Å²) in [5, 5.41) is 11.4. The van der Waals surface area contributed by atoms with E-state index in [1.54, 1.807) is 24.3 Å². The molecule has 8 heteroatoms. The number of rotatable bonds is 2. The number of hydrogen-bond acceptors (Lipinski definition) is 2. The van der Waals surface area contributed by atoms with Gasteiger partial charge in [0.1, 0.15) is 0 Å². The molecule has 0 radical (unpaired) electrons. The van der Waals surface area contributed by atoms with Crippen LogP contribution in [0.4, 0.5) is 23.7 Å². The molecule has 1 heterocycles. The second-order valence-corrected chi connectivity index (χ2v) is 5.29. The van der Waals surface area contributed by atoms with Gasteiger partial charge in [-0.05, 0) is 19.1 Å². The molecular weight excluding hydrogens is 301 g/mol. The van der Waals surface area contributed by atoms with Gasteiger partial charge in [-0.1, -0.05) is 17.7 Å². The first-order chi connectivity index (χ1) is 10.2. The largest absolute Gasteiger partial charge is 0.481 e. The van der Waals surface area contributed by atoms with Crippen LogP contribution in [0, 0.1) is 18.8 Å². The molecule has 0 unspecified atom stereocenters. The SMILES string of the molecule is Cc1ccc(NC(=O)N2C[C@@H](C(F)(F)F)[C@H](C(=O)O)C2)cc1. The first kappa shape index (κ1) is 16.1. The summed E-state index contributed by atoms with van der Waals surface area (Å²) in [7, 11) is 0. The van der Waals surface area contributed by atoms with Crippen molar-refractivity contribution in [2.24, 2.45) is 11.8 Å². The van der Waals surface area contributed by atoms with Crippen LogP contribution in [-0.4, -0.2) is 41.3 Å². The maximum absolute atomic E-state index is 12.9. The van der Waals surface area contributed by atoms with E-state index in [0.29, 0.717) is 5.69 Å². The molecule has 0 aromatic heterocycles. The van der Waals surface area contributed by atoms with Gasteiger partial charge in [0.2, 0.25) is 0 Å². The fourth-order valence-electron chi connectivity index (χ4n) is 2.39. The number of amides is 2. The Bertz CT molecular complexity index is 572. The Morgan fingerprint density at radius 3 is 2.27 bits per heavy atom. The molecule has 5 nitrogen and oxygen atoms in total. The third kappa shape index (κ3) is 3.49. The van der Waals surface area contributed by atoms with Crippen LogP contribution < -0.4 is 5.32 Å². The van der Waals surface area contributed by atoms with Gasteiger partial charge in [-0.25, -0.2) is 4.79 Å². The van der Waals surface area contributed by atoms with Crippen LogP contribution in [0.1, 0.15) is 5.56 Å². The third-order valence-electron chi connectivity index (χ3n) is 3.65. The Hall–Kier alpha value is -2.25. The standard InChI is InChI=1S/C14H15F3N2O3/c1-8-2-4-9(5-3-8)18-13(22)19-6-10(12(20)21)11(7-19)14(15,16)17/h2-5,10-11H,6-7H2,1H3,(H,18,22)(H,20,21)/t10-,11-/m1/s1. The Balaban J connectivity index is 2.08. The molecule has 1 aromatic rings. The Kier molecular flexibility index (Phi) is 4.30. The van der Waals surface area contributed by atoms with Gasteiger partial charge in [0.15, 0.2) is 0 Å². The molecule has 2 rings (SSSR count). The highest BCUT2D eigenvalue weighted by Crippen LogP contribution is 2.37. The number of carbonyl (C=O) groups is 2. The molecule has 1 aliphatic heterocycles. The number of nitrogens with zero attached hydrogens (tertiary/aromatic N) is 1. The molecule has 0 aliphatic carbocycles. The van der Waals surface area contributed by atoms with Gasteiger partial charge in [0, 0.05) is 18.8 Å². The molecule has 1 aromatic carbocycles. The highest BCUT2D eigenvalue weighted by molar-refractivity contribution is 5.90. The lowest BCUT2D eigenvalue weighted by Gasteiger charge is -2.18. The van der Waals surface area contributed by atoms with Gasteiger partial charge in [-0.15, -0.1) is 0 Å². The molecular formula is C14H15F3N2O3. The zero-order valence-electron chi connectivity index (χ0n) is 11.7. The number of hydrogen-bond donors (Lipinski definition) is 2. The molecule has 2 N–H and O–H groups in total. The zero-order valence-corrected chi connectivity index (χ0v) is 11.7. The summed E-state index contributed by atoms with van der Waals surface area (Å²) in [6, 6.07) is 6.01. The first-order valence-electron chi connectivity index (χ1n) is 6.60. The molecule has 0 saturated carbocycles. The van der Waals surface area contributed by atoms with Crippen LogP contribution in [0.2, 0.25) is 0 Å². The number of benzene rings is 1. The highest BCUT2D eigenvalue weighted by atomic mass is 19.4. The van der Waals surface area contributed by atoms with Crippen molar-refractivity contribution < 1.29 is 27.9 Å². The molecule has 0 spiro atoms. The Morgan fingerprint density at radius 1 is 1.23 bits per heavy atom. The number of aliphatic carboxylic acids is 1. The van der Waals surface area contributed by atoms with Crippen LogP contribution in [0.3, 0.4) is 0 Å². The summed E-state index contributed by atoms with van der Waals surface area (Å²) in [5.74, 6) is -5.23. The number of anilines is 1. The van der Waals surface area contributed by atoms with Crippen molar-refractivity contribution in [3.63, 3.8) is 0 Å². The molecule has 2 atom stereocenters. The lowest BCUT2D eigenvalue weighted by molar-refractivity contribution is -0.187. The summed E-state index contributed by atoms with van der Waals surface area (Å²) >= 11 is 0. The van der Waals surface area contributed by atoms with E-state index in [2.05, 4.69) is 5.32 Å². The predicted molar refractivity (Wildman–Crippen MR) is 72.4 cm³/mol. The van der Waals surface area contributed by atoms with E-state index < -0.39 is 43.1 Å². The topological polar surface area (TPSA) is 69.6 Å². The monoisotopic (exact) mass is 316 g/mol. The molecule has 120 valence electrons. The van der Waals surface area contributed by atoms with Gasteiger partial charge in [0.05, 0.1) is 11.8 Å². The summed E-state index contributed by atoms with van der Waals surface area (Å²) in [6.07, 6.45) is -4.65. The number of nitrogens with one attached hydrogen (secondary N) is 1. The summed E-state index contributed by atoms with van der Waals surface area (Å²) in [4.78, 5) is 23.8. The molecule has 1 aliphatic rings. The average Bonchev–Trinajstić information content (AvgIpc) is 2.86. The number of carboxylic acids is 1. The first-order valence-corrected chi connectivity index (χ1v) is 6.60. The predicted octanol–water partition coefficient (Wildman–Crippen LogP) is 2.72. The van der Waals surface area contributed by atoms with Crippen LogP contribution >= 0.6 is 0 Å². The zero-order chi connectivity index (χ0) is 16.5. The second kappa shape index (κ2) is 5.86. The fourth-order valence-corrected chi connectivity index (χ4v) is 2.39. The van der Waals surface area contributed by atoms with E-state index in [1.165, 1.54) is 0 Å². The lowest BCUT2D eigenvalue weighted by Crippen LogP contribution is -2.35. The van der Waals surface area contributed by atoms with E-state index in [0.717, 1.165) is 10.5 Å². The van der Waals surface area contributed by atoms with Gasteiger partial charge in [-0.2, -0.15) is 13.2 Å². The van der Waals surface area contributed by atoms with Crippen LogP contribution in [0.25, 0.3) is 0 Å². The summed E-state index contributed by atoms with van der Waals surface area (Å²) in [5.41, 5.74) is 1.42. The van der Waals surface area contributed by atoms with Crippen LogP contribution in [0.15, 0.2) is 24.3 Å². The molecule has 0 bridgehead atoms. The number of aryl methyl sites for hydroxylation is 1. The van der Waals surface area contributed by atoms with E-state index >= 15 is 0 Å². The van der Waals surface area contributed by atoms with Gasteiger partial charge >= 0.3 is 18.2 Å². The van der Waals surface area contributed by atoms with E-state index in [-0.39, 0.29) is 0 Å². The molecule has 1 saturated heterocycles. The van der Waals surface area contributed by atoms with Crippen molar-refractivity contribution in [1.29, 1.82) is 0 Å². The van der Waals surface area contributed by atoms with E-state index in [1.807, 2.05) is 6.92 Å². The number of carbonyl (C=O) groups excluding carboxylic acids is 1. The maximum atomic E-state index is 12.9.